The first-order valence-corrected chi connectivity index (χ1v) is 9.87. The Balaban J connectivity index is 1.77. The Labute approximate surface area is 167 Å². The van der Waals surface area contributed by atoms with Crippen LogP contribution in [0.3, 0.4) is 0 Å². The van der Waals surface area contributed by atoms with Crippen LogP contribution in [0.5, 0.6) is 0 Å². The molecule has 0 unspecified atom stereocenters. The molecule has 3 rings (SSSR count). The van der Waals surface area contributed by atoms with Gasteiger partial charge in [0.15, 0.2) is 5.82 Å². The molecule has 0 aliphatic carbocycles. The molecule has 2 aromatic heterocycles. The van der Waals surface area contributed by atoms with Gasteiger partial charge >= 0.3 is 6.18 Å². The lowest BCUT2D eigenvalue weighted by atomic mass is 10.2. The molecule has 13 heteroatoms. The molecule has 29 heavy (non-hydrogen) atoms. The summed E-state index contributed by atoms with van der Waals surface area (Å²) in [4.78, 5) is 15.1. The molecule has 0 aliphatic rings. The number of alkyl halides is 3. The number of nitrogens with zero attached hydrogens (tertiary/aromatic N) is 4. The number of imidazole rings is 1. The van der Waals surface area contributed by atoms with Crippen molar-refractivity contribution in [3.63, 3.8) is 0 Å². The van der Waals surface area contributed by atoms with Crippen LogP contribution in [-0.4, -0.2) is 34.3 Å². The van der Waals surface area contributed by atoms with Crippen molar-refractivity contribution in [2.24, 2.45) is 0 Å². The first kappa shape index (κ1) is 21.0. The molecule has 2 heterocycles. The average Bonchev–Trinajstić information content (AvgIpc) is 3.17. The molecule has 0 radical (unpaired) electrons. The van der Waals surface area contributed by atoms with Crippen molar-refractivity contribution in [2.45, 2.75) is 17.6 Å². The summed E-state index contributed by atoms with van der Waals surface area (Å²) in [5.74, 6) is 0.380. The Bertz CT molecular complexity index is 1180. The van der Waals surface area contributed by atoms with Crippen LogP contribution in [-0.2, 0) is 22.7 Å². The second-order valence-electron chi connectivity index (χ2n) is 5.76. The van der Waals surface area contributed by atoms with E-state index in [1.54, 1.807) is 10.8 Å². The van der Waals surface area contributed by atoms with Gasteiger partial charge in [0.05, 0.1) is 17.1 Å². The normalized spacial score (nSPS) is 12.3. The van der Waals surface area contributed by atoms with Gasteiger partial charge in [-0.2, -0.15) is 18.3 Å². The molecular formula is C16H13ClF3N5O3S. The molecule has 8 nitrogen and oxygen atoms in total. The SMILES string of the molecule is O=c1ccc(-n2ccnc2)nn1CCNS(=O)(=O)c1cc(C(F)(F)F)ccc1Cl. The van der Waals surface area contributed by atoms with Crippen molar-refractivity contribution in [3.05, 3.63) is 70.0 Å². The Hall–Kier alpha value is -2.70. The van der Waals surface area contributed by atoms with E-state index in [2.05, 4.69) is 14.8 Å². The van der Waals surface area contributed by atoms with Crippen LogP contribution in [0.2, 0.25) is 5.02 Å². The van der Waals surface area contributed by atoms with Gasteiger partial charge < -0.3 is 0 Å². The van der Waals surface area contributed by atoms with Crippen LogP contribution in [0.15, 0.2) is 58.7 Å². The topological polar surface area (TPSA) is 98.9 Å². The number of hydrogen-bond acceptors (Lipinski definition) is 5. The molecule has 1 N–H and O–H groups in total. The van der Waals surface area contributed by atoms with E-state index in [0.29, 0.717) is 18.0 Å². The molecular weight excluding hydrogens is 435 g/mol. The monoisotopic (exact) mass is 447 g/mol. The molecule has 1 aromatic carbocycles. The zero-order valence-corrected chi connectivity index (χ0v) is 16.0. The van der Waals surface area contributed by atoms with E-state index in [1.807, 2.05) is 0 Å². The lowest BCUT2D eigenvalue weighted by Gasteiger charge is -2.12. The molecule has 0 spiro atoms. The van der Waals surface area contributed by atoms with Crippen LogP contribution >= 0.6 is 11.6 Å². The van der Waals surface area contributed by atoms with Crippen molar-refractivity contribution in [1.29, 1.82) is 0 Å². The predicted molar refractivity (Wildman–Crippen MR) is 97.3 cm³/mol. The third-order valence-electron chi connectivity index (χ3n) is 3.79. The number of halogens is 4. The summed E-state index contributed by atoms with van der Waals surface area (Å²) in [6, 6.07) is 4.72. The second-order valence-corrected chi connectivity index (χ2v) is 7.91. The van der Waals surface area contributed by atoms with Crippen LogP contribution < -0.4 is 10.3 Å². The van der Waals surface area contributed by atoms with Gasteiger partial charge in [-0.3, -0.25) is 9.36 Å². The van der Waals surface area contributed by atoms with Crippen LogP contribution in [0, 0.1) is 0 Å². The number of nitrogens with one attached hydrogen (secondary N) is 1. The smallest absolute Gasteiger partial charge is 0.289 e. The standard InChI is InChI=1S/C16H13ClF3N5O3S/c17-12-2-1-11(16(18,19)20)9-13(12)29(27,28)22-6-8-25-15(26)4-3-14(23-25)24-7-5-21-10-24/h1-5,7,9-10,22H,6,8H2. The fourth-order valence-corrected chi connectivity index (χ4v) is 3.92. The maximum absolute atomic E-state index is 12.8. The summed E-state index contributed by atoms with van der Waals surface area (Å²) in [5, 5.41) is 3.73. The highest BCUT2D eigenvalue weighted by molar-refractivity contribution is 7.89. The quantitative estimate of drug-likeness (QED) is 0.623. The molecule has 0 aliphatic heterocycles. The molecule has 0 atom stereocenters. The van der Waals surface area contributed by atoms with Gasteiger partial charge in [-0.05, 0) is 24.3 Å². The van der Waals surface area contributed by atoms with E-state index >= 15 is 0 Å². The third-order valence-corrected chi connectivity index (χ3v) is 5.73. The lowest BCUT2D eigenvalue weighted by Crippen LogP contribution is -2.32. The minimum atomic E-state index is -4.72. The van der Waals surface area contributed by atoms with Crippen LogP contribution in [0.25, 0.3) is 5.82 Å². The highest BCUT2D eigenvalue weighted by atomic mass is 35.5. The molecule has 0 amide bonds. The molecule has 0 saturated carbocycles. The van der Waals surface area contributed by atoms with Gasteiger partial charge in [-0.1, -0.05) is 11.6 Å². The van der Waals surface area contributed by atoms with Gasteiger partial charge in [0.1, 0.15) is 11.2 Å². The first-order valence-electron chi connectivity index (χ1n) is 8.01. The second kappa shape index (κ2) is 7.97. The summed E-state index contributed by atoms with van der Waals surface area (Å²) < 4.78 is 68.0. The zero-order chi connectivity index (χ0) is 21.2. The Morgan fingerprint density at radius 1 is 1.17 bits per heavy atom. The van der Waals surface area contributed by atoms with Crippen molar-refractivity contribution in [2.75, 3.05) is 6.54 Å². The maximum Gasteiger partial charge on any atom is 0.416 e. The summed E-state index contributed by atoms with van der Waals surface area (Å²) in [7, 11) is -4.35. The minimum absolute atomic E-state index is 0.156. The molecule has 0 bridgehead atoms. The predicted octanol–water partition coefficient (Wildman–Crippen LogP) is 2.08. The van der Waals surface area contributed by atoms with E-state index in [4.69, 9.17) is 11.6 Å². The summed E-state index contributed by atoms with van der Waals surface area (Å²) in [6.07, 6.45) is -0.130. The average molecular weight is 448 g/mol. The van der Waals surface area contributed by atoms with Crippen molar-refractivity contribution >= 4 is 21.6 Å². The fourth-order valence-electron chi connectivity index (χ4n) is 2.38. The highest BCUT2D eigenvalue weighted by Crippen LogP contribution is 2.33. The maximum atomic E-state index is 12.8. The van der Waals surface area contributed by atoms with Gasteiger partial charge in [0.25, 0.3) is 5.56 Å². The van der Waals surface area contributed by atoms with Crippen molar-refractivity contribution in [1.82, 2.24) is 24.1 Å². The largest absolute Gasteiger partial charge is 0.416 e. The summed E-state index contributed by atoms with van der Waals surface area (Å²) >= 11 is 5.77. The molecule has 3 aromatic rings. The van der Waals surface area contributed by atoms with Crippen LogP contribution in [0.1, 0.15) is 5.56 Å². The van der Waals surface area contributed by atoms with Gasteiger partial charge in [0.2, 0.25) is 10.0 Å². The number of aromatic nitrogens is 4. The minimum Gasteiger partial charge on any atom is -0.289 e. The molecule has 0 saturated heterocycles. The van der Waals surface area contributed by atoms with E-state index in [0.717, 1.165) is 10.7 Å². The summed E-state index contributed by atoms with van der Waals surface area (Å²) in [6.45, 7) is -0.452. The Morgan fingerprint density at radius 2 is 1.93 bits per heavy atom. The van der Waals surface area contributed by atoms with Gasteiger partial charge in [-0.15, -0.1) is 0 Å². The number of sulfonamides is 1. The third kappa shape index (κ3) is 4.83. The number of hydrogen-bond donors (Lipinski definition) is 1. The van der Waals surface area contributed by atoms with Crippen LogP contribution in [0.4, 0.5) is 13.2 Å². The van der Waals surface area contributed by atoms with Crippen molar-refractivity contribution in [3.8, 4) is 5.82 Å². The number of rotatable bonds is 6. The van der Waals surface area contributed by atoms with Crippen molar-refractivity contribution < 1.29 is 21.6 Å². The number of benzene rings is 1. The Morgan fingerprint density at radius 3 is 2.59 bits per heavy atom. The van der Waals surface area contributed by atoms with E-state index in [9.17, 15) is 26.4 Å². The Kier molecular flexibility index (Phi) is 5.78. The highest BCUT2D eigenvalue weighted by Gasteiger charge is 2.32. The zero-order valence-electron chi connectivity index (χ0n) is 14.5. The van der Waals surface area contributed by atoms with Gasteiger partial charge in [-0.25, -0.2) is 22.8 Å². The molecule has 0 fully saturated rings. The summed E-state index contributed by atoms with van der Waals surface area (Å²) in [5.41, 5.74) is -1.63. The van der Waals surface area contributed by atoms with Gasteiger partial charge in [0, 0.05) is 25.0 Å². The van der Waals surface area contributed by atoms with E-state index < -0.39 is 32.2 Å². The molecule has 154 valence electrons. The van der Waals surface area contributed by atoms with E-state index in [-0.39, 0.29) is 18.1 Å². The fraction of sp³-hybridized carbons (Fsp3) is 0.188. The van der Waals surface area contributed by atoms with E-state index in [1.165, 1.54) is 24.7 Å². The lowest BCUT2D eigenvalue weighted by molar-refractivity contribution is -0.137. The first-order chi connectivity index (χ1) is 13.6.